The number of aryl methyl sites for hydroxylation is 1. The molecule has 2 aromatic heterocycles. The van der Waals surface area contributed by atoms with E-state index in [0.29, 0.717) is 47.9 Å². The van der Waals surface area contributed by atoms with Crippen LogP contribution in [0.2, 0.25) is 0 Å². The van der Waals surface area contributed by atoms with Crippen LogP contribution in [0.3, 0.4) is 0 Å². The molecule has 0 bridgehead atoms. The quantitative estimate of drug-likeness (QED) is 0.350. The van der Waals surface area contributed by atoms with Gasteiger partial charge in [-0.2, -0.15) is 0 Å². The summed E-state index contributed by atoms with van der Waals surface area (Å²) in [6, 6.07) is 12.1. The van der Waals surface area contributed by atoms with Gasteiger partial charge in [0.15, 0.2) is 0 Å². The number of carboxylic acid groups (broad SMARTS) is 1. The van der Waals surface area contributed by atoms with Gasteiger partial charge < -0.3 is 19.7 Å². The summed E-state index contributed by atoms with van der Waals surface area (Å²) in [5.74, 6) is 0.0827. The zero-order chi connectivity index (χ0) is 24.2. The van der Waals surface area contributed by atoms with E-state index in [2.05, 4.69) is 15.3 Å². The van der Waals surface area contributed by atoms with Gasteiger partial charge >= 0.3 is 5.97 Å². The van der Waals surface area contributed by atoms with E-state index in [-0.39, 0.29) is 5.82 Å². The highest BCUT2D eigenvalue weighted by Crippen LogP contribution is 2.34. The minimum atomic E-state index is -0.930. The lowest BCUT2D eigenvalue weighted by atomic mass is 9.99. The Morgan fingerprint density at radius 1 is 1.21 bits per heavy atom. The van der Waals surface area contributed by atoms with Crippen molar-refractivity contribution in [1.29, 1.82) is 0 Å². The predicted molar refractivity (Wildman–Crippen MR) is 130 cm³/mol. The van der Waals surface area contributed by atoms with Gasteiger partial charge in [0.1, 0.15) is 23.7 Å². The molecule has 0 atom stereocenters. The number of anilines is 1. The highest BCUT2D eigenvalue weighted by Gasteiger charge is 2.17. The second-order valence-corrected chi connectivity index (χ2v) is 8.05. The number of rotatable bonds is 9. The molecule has 0 fully saturated rings. The van der Waals surface area contributed by atoms with E-state index in [9.17, 15) is 14.3 Å². The minimum absolute atomic E-state index is 0.291. The smallest absolute Gasteiger partial charge is 0.335 e. The first-order chi connectivity index (χ1) is 16.4. The molecular formula is C26H27FN4O3. The summed E-state index contributed by atoms with van der Waals surface area (Å²) in [7, 11) is 1.59. The highest BCUT2D eigenvalue weighted by atomic mass is 19.1. The molecular weight excluding hydrogens is 435 g/mol. The summed E-state index contributed by atoms with van der Waals surface area (Å²) < 4.78 is 22.0. The number of aromatic carboxylic acids is 1. The monoisotopic (exact) mass is 462 g/mol. The van der Waals surface area contributed by atoms with Crippen LogP contribution in [0.5, 0.6) is 5.75 Å². The number of nitrogens with zero attached hydrogens (tertiary/aromatic N) is 3. The Morgan fingerprint density at radius 2 is 2.03 bits per heavy atom. The summed E-state index contributed by atoms with van der Waals surface area (Å²) in [6.45, 7) is 4.95. The van der Waals surface area contributed by atoms with E-state index in [0.717, 1.165) is 28.6 Å². The van der Waals surface area contributed by atoms with Crippen LogP contribution in [0.25, 0.3) is 22.2 Å². The van der Waals surface area contributed by atoms with Crippen molar-refractivity contribution in [1.82, 2.24) is 14.5 Å². The molecule has 4 rings (SSSR count). The predicted octanol–water partition coefficient (Wildman–Crippen LogP) is 5.32. The largest absolute Gasteiger partial charge is 0.494 e. The highest BCUT2D eigenvalue weighted by molar-refractivity contribution is 5.90. The fraction of sp³-hybridized carbons (Fsp3) is 0.269. The van der Waals surface area contributed by atoms with Crippen LogP contribution in [0.1, 0.15) is 35.0 Å². The molecule has 0 radical (unpaired) electrons. The van der Waals surface area contributed by atoms with Gasteiger partial charge in [0.25, 0.3) is 0 Å². The topological polar surface area (TPSA) is 89.3 Å². The fourth-order valence-electron chi connectivity index (χ4n) is 4.34. The second-order valence-electron chi connectivity index (χ2n) is 8.05. The number of hydrogen-bond donors (Lipinski definition) is 2. The van der Waals surface area contributed by atoms with Crippen molar-refractivity contribution in [3.63, 3.8) is 0 Å². The van der Waals surface area contributed by atoms with Crippen molar-refractivity contribution in [2.24, 2.45) is 0 Å². The molecule has 34 heavy (non-hydrogen) atoms. The van der Waals surface area contributed by atoms with Gasteiger partial charge in [0, 0.05) is 30.1 Å². The summed E-state index contributed by atoms with van der Waals surface area (Å²) in [6.07, 6.45) is 3.00. The van der Waals surface area contributed by atoms with E-state index < -0.39 is 5.97 Å². The lowest BCUT2D eigenvalue weighted by Crippen LogP contribution is -2.13. The fourth-order valence-corrected chi connectivity index (χ4v) is 4.34. The first kappa shape index (κ1) is 23.2. The number of aromatic nitrogens is 3. The Hall–Kier alpha value is -3.94. The molecule has 7 nitrogen and oxygen atoms in total. The van der Waals surface area contributed by atoms with Gasteiger partial charge in [0.05, 0.1) is 29.6 Å². The first-order valence-electron chi connectivity index (χ1n) is 11.2. The Labute approximate surface area is 197 Å². The van der Waals surface area contributed by atoms with Crippen LogP contribution >= 0.6 is 0 Å². The van der Waals surface area contributed by atoms with E-state index in [1.54, 1.807) is 25.3 Å². The third kappa shape index (κ3) is 4.44. The molecule has 0 aliphatic carbocycles. The number of ether oxygens (including phenoxy) is 1. The Bertz CT molecular complexity index is 1350. The van der Waals surface area contributed by atoms with E-state index >= 15 is 0 Å². The lowest BCUT2D eigenvalue weighted by Gasteiger charge is -2.12. The van der Waals surface area contributed by atoms with Crippen molar-refractivity contribution in [3.05, 3.63) is 71.4 Å². The summed E-state index contributed by atoms with van der Waals surface area (Å²) in [5, 5.41) is 13.5. The van der Waals surface area contributed by atoms with E-state index in [1.165, 1.54) is 12.4 Å². The molecule has 0 spiro atoms. The third-order valence-corrected chi connectivity index (χ3v) is 5.90. The van der Waals surface area contributed by atoms with Crippen LogP contribution in [0.15, 0.2) is 48.8 Å². The number of fused-ring (bicyclic) bond motifs is 1. The van der Waals surface area contributed by atoms with E-state index in [1.807, 2.05) is 36.6 Å². The lowest BCUT2D eigenvalue weighted by molar-refractivity contribution is 0.0695. The average molecular weight is 463 g/mol. The Balaban J connectivity index is 1.54. The van der Waals surface area contributed by atoms with Crippen molar-refractivity contribution < 1.29 is 19.0 Å². The summed E-state index contributed by atoms with van der Waals surface area (Å²) in [5.41, 5.74) is 4.00. The number of para-hydroxylation sites is 1. The molecule has 0 aliphatic heterocycles. The molecule has 0 aliphatic rings. The Morgan fingerprint density at radius 3 is 2.76 bits per heavy atom. The second kappa shape index (κ2) is 9.91. The van der Waals surface area contributed by atoms with Gasteiger partial charge in [0.2, 0.25) is 0 Å². The van der Waals surface area contributed by atoms with Crippen LogP contribution in [-0.2, 0) is 13.0 Å². The number of carbonyl (C=O) groups is 1. The number of halogens is 1. The van der Waals surface area contributed by atoms with Crippen molar-refractivity contribution in [2.45, 2.75) is 33.2 Å². The van der Waals surface area contributed by atoms with Crippen molar-refractivity contribution >= 4 is 22.7 Å². The summed E-state index contributed by atoms with van der Waals surface area (Å²) in [4.78, 5) is 20.2. The van der Waals surface area contributed by atoms with Crippen LogP contribution in [-0.4, -0.2) is 39.3 Å². The number of hydrogen-bond acceptors (Lipinski definition) is 5. The minimum Gasteiger partial charge on any atom is -0.494 e. The van der Waals surface area contributed by atoms with Crippen molar-refractivity contribution in [2.75, 3.05) is 19.0 Å². The Kier molecular flexibility index (Phi) is 6.77. The van der Waals surface area contributed by atoms with Crippen molar-refractivity contribution in [3.8, 4) is 17.0 Å². The SMILES string of the molecule is CCCc1cc(-c2cc(NCCn3c(C)c(OC)c4cccc(F)c43)ncn2)ccc1C(=O)O. The zero-order valence-corrected chi connectivity index (χ0v) is 19.4. The van der Waals surface area contributed by atoms with Crippen LogP contribution in [0, 0.1) is 12.7 Å². The standard InChI is InChI=1S/C26H27FN4O3/c1-4-6-17-13-18(9-10-19(17)26(32)33)22-14-23(30-15-29-22)28-11-12-31-16(2)25(34-3)20-7-5-8-21(27)24(20)31/h5,7-10,13-15H,4,6,11-12H2,1-3H3,(H,32,33)(H,28,29,30). The van der Waals surface area contributed by atoms with Gasteiger partial charge in [-0.3, -0.25) is 0 Å². The summed E-state index contributed by atoms with van der Waals surface area (Å²) >= 11 is 0. The maximum Gasteiger partial charge on any atom is 0.335 e. The van der Waals surface area contributed by atoms with Gasteiger partial charge in [-0.1, -0.05) is 25.5 Å². The van der Waals surface area contributed by atoms with Gasteiger partial charge in [-0.15, -0.1) is 0 Å². The molecule has 8 heteroatoms. The molecule has 176 valence electrons. The average Bonchev–Trinajstić information content (AvgIpc) is 3.11. The molecule has 4 aromatic rings. The number of methoxy groups -OCH3 is 1. The normalized spacial score (nSPS) is 11.1. The molecule has 0 saturated carbocycles. The molecule has 2 heterocycles. The number of nitrogens with one attached hydrogen (secondary N) is 1. The molecule has 0 amide bonds. The van der Waals surface area contributed by atoms with Crippen LogP contribution < -0.4 is 10.1 Å². The van der Waals surface area contributed by atoms with Gasteiger partial charge in [-0.05, 0) is 43.2 Å². The zero-order valence-electron chi connectivity index (χ0n) is 19.4. The maximum atomic E-state index is 14.6. The number of benzene rings is 2. The molecule has 0 saturated heterocycles. The van der Waals surface area contributed by atoms with Crippen LogP contribution in [0.4, 0.5) is 10.2 Å². The third-order valence-electron chi connectivity index (χ3n) is 5.90. The molecule has 2 aromatic carbocycles. The van der Waals surface area contributed by atoms with E-state index in [4.69, 9.17) is 4.74 Å². The molecule has 0 unspecified atom stereocenters. The number of carboxylic acids is 1. The molecule has 2 N–H and O–H groups in total. The maximum absolute atomic E-state index is 14.6. The van der Waals surface area contributed by atoms with Gasteiger partial charge in [-0.25, -0.2) is 19.2 Å². The first-order valence-corrected chi connectivity index (χ1v) is 11.2.